The number of ketones is 1. The van der Waals surface area contributed by atoms with E-state index in [2.05, 4.69) is 0 Å². The second kappa shape index (κ2) is 4.91. The minimum absolute atomic E-state index is 0.0377. The molecule has 2 fully saturated rings. The van der Waals surface area contributed by atoms with Gasteiger partial charge >= 0.3 is 10.1 Å². The Balaban J connectivity index is 1.93. The number of aromatic nitrogens is 1. The number of Topliss-reactive ketones (excluding diaryl/α,β-unsaturated/α-hetero) is 1. The molecule has 2 N–H and O–H groups in total. The largest absolute Gasteiger partial charge is 0.492 e. The fraction of sp³-hybridized carbons (Fsp3) is 0.688. The van der Waals surface area contributed by atoms with E-state index in [0.29, 0.717) is 28.7 Å². The number of nitrogens with zero attached hydrogens (tertiary/aromatic N) is 1. The molecule has 2 atom stereocenters. The smallest absolute Gasteiger partial charge is 0.328 e. The maximum absolute atomic E-state index is 12.6. The average Bonchev–Trinajstić information content (AvgIpc) is 2.90. The summed E-state index contributed by atoms with van der Waals surface area (Å²) in [6, 6.07) is 0. The number of hydrogen-bond donors (Lipinski definition) is 2. The topological polar surface area (TPSA) is 106 Å². The number of carbonyl (C=O) groups is 1. The number of fused-ring (bicyclic) bond motifs is 2. The highest BCUT2D eigenvalue weighted by Gasteiger charge is 2.65. The molecular formula is C16H23NO6S. The molecule has 1 heterocycles. The summed E-state index contributed by atoms with van der Waals surface area (Å²) in [6.07, 6.45) is 1.75. The zero-order valence-corrected chi connectivity index (χ0v) is 15.1. The summed E-state index contributed by atoms with van der Waals surface area (Å²) in [6.45, 7) is 6.95. The maximum Gasteiger partial charge on any atom is 0.328 e. The third kappa shape index (κ3) is 2.08. The number of hydrogen-bond acceptors (Lipinski definition) is 6. The van der Waals surface area contributed by atoms with Gasteiger partial charge < -0.3 is 10.2 Å². The van der Waals surface area contributed by atoms with Gasteiger partial charge in [0.2, 0.25) is 11.8 Å². The average molecular weight is 357 g/mol. The summed E-state index contributed by atoms with van der Waals surface area (Å²) in [5.41, 5.74) is -0.704. The highest BCUT2D eigenvalue weighted by atomic mass is 32.2. The van der Waals surface area contributed by atoms with Gasteiger partial charge in [-0.2, -0.15) is 8.42 Å². The van der Waals surface area contributed by atoms with Gasteiger partial charge in [-0.1, -0.05) is 18.6 Å². The van der Waals surface area contributed by atoms with Gasteiger partial charge in [0.25, 0.3) is 0 Å². The van der Waals surface area contributed by atoms with Crippen LogP contribution in [-0.2, 0) is 14.9 Å². The predicted molar refractivity (Wildman–Crippen MR) is 86.2 cm³/mol. The zero-order valence-electron chi connectivity index (χ0n) is 14.3. The highest BCUT2D eigenvalue weighted by Crippen LogP contribution is 2.64. The van der Waals surface area contributed by atoms with Crippen LogP contribution in [0.2, 0.25) is 0 Å². The first kappa shape index (κ1) is 17.1. The molecule has 0 aliphatic heterocycles. The fourth-order valence-corrected chi connectivity index (χ4v) is 6.06. The van der Waals surface area contributed by atoms with Gasteiger partial charge in [-0.05, 0) is 38.0 Å². The molecule has 0 spiro atoms. The first-order valence-electron chi connectivity index (χ1n) is 7.99. The Labute approximate surface area is 141 Å². The molecule has 0 saturated heterocycles. The molecule has 3 rings (SSSR count). The van der Waals surface area contributed by atoms with Crippen molar-refractivity contribution < 1.29 is 27.7 Å². The van der Waals surface area contributed by atoms with E-state index < -0.39 is 38.5 Å². The van der Waals surface area contributed by atoms with Crippen LogP contribution in [0.1, 0.15) is 44.2 Å². The Kier molecular flexibility index (Phi) is 3.50. The van der Waals surface area contributed by atoms with Crippen molar-refractivity contribution >= 4 is 15.9 Å². The maximum atomic E-state index is 12.6. The molecule has 2 unspecified atom stereocenters. The van der Waals surface area contributed by atoms with Crippen molar-refractivity contribution in [1.82, 2.24) is 4.73 Å². The molecule has 7 nitrogen and oxygen atoms in total. The van der Waals surface area contributed by atoms with Gasteiger partial charge in [-0.25, -0.2) is 0 Å². The molecular weight excluding hydrogens is 334 g/mol. The van der Waals surface area contributed by atoms with E-state index >= 15 is 0 Å². The van der Waals surface area contributed by atoms with Crippen LogP contribution in [0, 0.1) is 30.6 Å². The van der Waals surface area contributed by atoms with E-state index in [1.54, 1.807) is 13.8 Å². The van der Waals surface area contributed by atoms with Gasteiger partial charge in [0, 0.05) is 17.5 Å². The summed E-state index contributed by atoms with van der Waals surface area (Å²) < 4.78 is 30.6. The summed E-state index contributed by atoms with van der Waals surface area (Å²) >= 11 is 0. The van der Waals surface area contributed by atoms with E-state index in [1.807, 2.05) is 13.8 Å². The lowest BCUT2D eigenvalue weighted by Gasteiger charge is -2.35. The monoisotopic (exact) mass is 357 g/mol. The summed E-state index contributed by atoms with van der Waals surface area (Å²) in [5.74, 6) is -1.22. The van der Waals surface area contributed by atoms with Crippen LogP contribution in [-0.4, -0.2) is 34.9 Å². The Bertz CT molecular complexity index is 797. The van der Waals surface area contributed by atoms with Gasteiger partial charge in [0.05, 0.1) is 5.41 Å². The molecule has 2 aliphatic rings. The third-order valence-electron chi connectivity index (χ3n) is 6.37. The van der Waals surface area contributed by atoms with Crippen molar-refractivity contribution in [2.75, 3.05) is 5.75 Å². The minimum Gasteiger partial charge on any atom is -0.492 e. The molecule has 8 heteroatoms. The molecule has 0 aromatic carbocycles. The molecule has 2 aliphatic carbocycles. The van der Waals surface area contributed by atoms with Crippen LogP contribution in [0.3, 0.4) is 0 Å². The Morgan fingerprint density at radius 1 is 1.21 bits per heavy atom. The van der Waals surface area contributed by atoms with E-state index in [4.69, 9.17) is 4.28 Å². The molecule has 2 bridgehead atoms. The van der Waals surface area contributed by atoms with E-state index in [0.717, 1.165) is 6.42 Å². The number of aromatic hydroxyl groups is 2. The first-order valence-corrected chi connectivity index (χ1v) is 9.56. The van der Waals surface area contributed by atoms with Crippen LogP contribution >= 0.6 is 0 Å². The molecule has 24 heavy (non-hydrogen) atoms. The Morgan fingerprint density at radius 2 is 1.75 bits per heavy atom. The van der Waals surface area contributed by atoms with Crippen LogP contribution in [0.15, 0.2) is 0 Å². The van der Waals surface area contributed by atoms with Crippen molar-refractivity contribution in [2.24, 2.45) is 16.7 Å². The lowest BCUT2D eigenvalue weighted by atomic mass is 9.70. The standard InChI is InChI=1S/C16H23NO6S/c1-9-10(2)14(20)17(13(9)19)23-24(21,22)8-16-6-5-11(7-12(16)18)15(16,3)4/h11,19-20H,5-8H2,1-4H3. The number of rotatable bonds is 4. The lowest BCUT2D eigenvalue weighted by molar-refractivity contribution is -0.128. The third-order valence-corrected chi connectivity index (χ3v) is 7.59. The summed E-state index contributed by atoms with van der Waals surface area (Å²) in [7, 11) is -4.19. The SMILES string of the molecule is Cc1c(C)c(O)n(OS(=O)(=O)CC23CCC(CC2=O)C3(C)C)c1O. The molecule has 2 saturated carbocycles. The van der Waals surface area contributed by atoms with Crippen LogP contribution in [0.4, 0.5) is 0 Å². The number of carbonyl (C=O) groups excluding carboxylic acids is 1. The van der Waals surface area contributed by atoms with E-state index in [9.17, 15) is 23.4 Å². The molecule has 1 aromatic heterocycles. The molecule has 0 amide bonds. The molecule has 1 aromatic rings. The van der Waals surface area contributed by atoms with E-state index in [1.165, 1.54) is 0 Å². The van der Waals surface area contributed by atoms with Crippen molar-refractivity contribution in [1.29, 1.82) is 0 Å². The van der Waals surface area contributed by atoms with Gasteiger partial charge in [0.1, 0.15) is 11.5 Å². The molecule has 0 radical (unpaired) electrons. The fourth-order valence-electron chi connectivity index (χ4n) is 4.36. The normalized spacial score (nSPS) is 28.5. The van der Waals surface area contributed by atoms with Crippen molar-refractivity contribution in [3.8, 4) is 11.8 Å². The van der Waals surface area contributed by atoms with Crippen LogP contribution in [0.25, 0.3) is 0 Å². The highest BCUT2D eigenvalue weighted by molar-refractivity contribution is 7.86. The van der Waals surface area contributed by atoms with Gasteiger partial charge in [0.15, 0.2) is 0 Å². The van der Waals surface area contributed by atoms with Crippen molar-refractivity contribution in [3.63, 3.8) is 0 Å². The van der Waals surface area contributed by atoms with Crippen molar-refractivity contribution in [2.45, 2.75) is 47.0 Å². The van der Waals surface area contributed by atoms with E-state index in [-0.39, 0.29) is 11.7 Å². The predicted octanol–water partition coefficient (Wildman–Crippen LogP) is 1.67. The lowest BCUT2D eigenvalue weighted by Crippen LogP contribution is -2.44. The van der Waals surface area contributed by atoms with Crippen molar-refractivity contribution in [3.05, 3.63) is 11.1 Å². The minimum atomic E-state index is -4.19. The zero-order chi connectivity index (χ0) is 18.1. The second-order valence-electron chi connectivity index (χ2n) is 7.63. The summed E-state index contributed by atoms with van der Waals surface area (Å²) in [4.78, 5) is 12.5. The van der Waals surface area contributed by atoms with Crippen LogP contribution < -0.4 is 4.28 Å². The second-order valence-corrected chi connectivity index (χ2v) is 9.19. The van der Waals surface area contributed by atoms with Gasteiger partial charge in [-0.3, -0.25) is 9.08 Å². The molecule has 134 valence electrons. The first-order chi connectivity index (χ1) is 10.9. The van der Waals surface area contributed by atoms with Gasteiger partial charge in [-0.15, -0.1) is 0 Å². The quantitative estimate of drug-likeness (QED) is 0.849. The van der Waals surface area contributed by atoms with Crippen LogP contribution in [0.5, 0.6) is 11.8 Å². The summed E-state index contributed by atoms with van der Waals surface area (Å²) in [5, 5.41) is 19.9. The Hall–Kier alpha value is -1.70. The Morgan fingerprint density at radius 3 is 2.17 bits per heavy atom.